The number of fused-ring (bicyclic) bond motifs is 1. The zero-order chi connectivity index (χ0) is 27.1. The predicted molar refractivity (Wildman–Crippen MR) is 144 cm³/mol. The Balaban J connectivity index is 1.21. The number of aromatic nitrogens is 3. The molecule has 6 rings (SSSR count). The molecule has 1 N–H and O–H groups in total. The van der Waals surface area contributed by atoms with Crippen molar-refractivity contribution >= 4 is 17.0 Å². The molecular weight excluding hydrogens is 498 g/mol. The average Bonchev–Trinajstić information content (AvgIpc) is 3.52. The highest BCUT2D eigenvalue weighted by atomic mass is 19.1. The number of nitriles is 1. The van der Waals surface area contributed by atoms with Crippen molar-refractivity contribution in [2.45, 2.75) is 19.5 Å². The fourth-order valence-electron chi connectivity index (χ4n) is 5.32. The number of halogens is 2. The fraction of sp³-hybridized carbons (Fsp3) is 0.276. The van der Waals surface area contributed by atoms with Gasteiger partial charge < -0.3 is 4.90 Å². The molecule has 1 aromatic carbocycles. The Morgan fingerprint density at radius 3 is 2.46 bits per heavy atom. The third-order valence-corrected chi connectivity index (χ3v) is 7.44. The molecule has 0 spiro atoms. The third kappa shape index (κ3) is 4.71. The van der Waals surface area contributed by atoms with Crippen molar-refractivity contribution in [2.24, 2.45) is 7.05 Å². The van der Waals surface area contributed by atoms with Crippen LogP contribution in [-0.4, -0.2) is 56.9 Å². The van der Waals surface area contributed by atoms with E-state index in [2.05, 4.69) is 32.5 Å². The number of hydrogen-bond acceptors (Lipinski definition) is 7. The minimum atomic E-state index is -0.506. The lowest BCUT2D eigenvalue weighted by molar-refractivity contribution is 0.242. The van der Waals surface area contributed by atoms with Crippen molar-refractivity contribution in [2.75, 3.05) is 31.1 Å². The van der Waals surface area contributed by atoms with Gasteiger partial charge in [-0.15, -0.1) is 0 Å². The van der Waals surface area contributed by atoms with Crippen LogP contribution in [0, 0.1) is 23.0 Å². The minimum Gasteiger partial charge on any atom is -0.354 e. The summed E-state index contributed by atoms with van der Waals surface area (Å²) < 4.78 is 29.9. The van der Waals surface area contributed by atoms with E-state index in [0.717, 1.165) is 33.8 Å². The molecule has 0 amide bonds. The lowest BCUT2D eigenvalue weighted by atomic mass is 9.93. The van der Waals surface area contributed by atoms with E-state index in [1.54, 1.807) is 4.68 Å². The molecule has 1 unspecified atom stereocenters. The predicted octanol–water partition coefficient (Wildman–Crippen LogP) is 3.84. The van der Waals surface area contributed by atoms with Crippen LogP contribution in [0.25, 0.3) is 11.1 Å². The summed E-state index contributed by atoms with van der Waals surface area (Å²) in [6.07, 6.45) is 9.70. The van der Waals surface area contributed by atoms with Crippen molar-refractivity contribution in [1.29, 1.82) is 5.26 Å². The molecule has 1 fully saturated rings. The second-order valence-electron chi connectivity index (χ2n) is 10.0. The van der Waals surface area contributed by atoms with Gasteiger partial charge >= 0.3 is 0 Å². The second-order valence-corrected chi connectivity index (χ2v) is 10.0. The van der Waals surface area contributed by atoms with Crippen LogP contribution in [0.4, 0.5) is 14.6 Å². The molecule has 198 valence electrons. The SMILES string of the molecule is CC1NN2C=C(c3cnn(C)c3)C=C(c3ccc(N4CCN(Cc5c(F)cccc5F)CC4)nc3)C2=C1C#N. The number of pyridine rings is 1. The van der Waals surface area contributed by atoms with E-state index >= 15 is 0 Å². The van der Waals surface area contributed by atoms with Gasteiger partial charge in [-0.2, -0.15) is 10.4 Å². The largest absolute Gasteiger partial charge is 0.354 e. The smallest absolute Gasteiger partial charge is 0.130 e. The first-order chi connectivity index (χ1) is 18.9. The van der Waals surface area contributed by atoms with Crippen molar-refractivity contribution in [3.63, 3.8) is 0 Å². The fourth-order valence-corrected chi connectivity index (χ4v) is 5.32. The highest BCUT2D eigenvalue weighted by Gasteiger charge is 2.33. The van der Waals surface area contributed by atoms with Gasteiger partial charge in [0.25, 0.3) is 0 Å². The number of allylic oxidation sites excluding steroid dienone is 3. The van der Waals surface area contributed by atoms with E-state index in [9.17, 15) is 14.0 Å². The summed E-state index contributed by atoms with van der Waals surface area (Å²) in [5.41, 5.74) is 8.77. The van der Waals surface area contributed by atoms with Crippen LogP contribution in [0.15, 0.2) is 72.5 Å². The number of anilines is 1. The van der Waals surface area contributed by atoms with Crippen molar-refractivity contribution in [1.82, 2.24) is 30.1 Å². The van der Waals surface area contributed by atoms with Gasteiger partial charge in [0.05, 0.1) is 29.6 Å². The molecule has 0 radical (unpaired) electrons. The summed E-state index contributed by atoms with van der Waals surface area (Å²) in [4.78, 5) is 9.01. The first-order valence-electron chi connectivity index (χ1n) is 12.9. The highest BCUT2D eigenvalue weighted by Crippen LogP contribution is 2.39. The maximum Gasteiger partial charge on any atom is 0.130 e. The lowest BCUT2D eigenvalue weighted by Gasteiger charge is -2.35. The molecule has 1 saturated heterocycles. The van der Waals surface area contributed by atoms with Gasteiger partial charge in [0, 0.05) is 86.2 Å². The summed E-state index contributed by atoms with van der Waals surface area (Å²) in [6, 6.07) is 10.3. The zero-order valence-electron chi connectivity index (χ0n) is 21.8. The lowest BCUT2D eigenvalue weighted by Crippen LogP contribution is -2.46. The molecule has 1 atom stereocenters. The van der Waals surface area contributed by atoms with Crippen molar-refractivity contribution in [3.05, 3.63) is 101 Å². The van der Waals surface area contributed by atoms with Gasteiger partial charge in [-0.05, 0) is 37.3 Å². The van der Waals surface area contributed by atoms with Crippen LogP contribution in [0.2, 0.25) is 0 Å². The second kappa shape index (κ2) is 10.1. The molecule has 0 saturated carbocycles. The molecule has 39 heavy (non-hydrogen) atoms. The van der Waals surface area contributed by atoms with Gasteiger partial charge in [-0.1, -0.05) is 6.07 Å². The number of rotatable bonds is 5. The highest BCUT2D eigenvalue weighted by molar-refractivity contribution is 5.93. The summed E-state index contributed by atoms with van der Waals surface area (Å²) in [5.74, 6) is -0.166. The molecule has 0 bridgehead atoms. The van der Waals surface area contributed by atoms with Crippen LogP contribution in [0.5, 0.6) is 0 Å². The zero-order valence-corrected chi connectivity index (χ0v) is 21.8. The number of benzene rings is 1. The molecule has 3 aromatic rings. The van der Waals surface area contributed by atoms with Crippen LogP contribution in [0.3, 0.4) is 0 Å². The summed E-state index contributed by atoms with van der Waals surface area (Å²) in [6.45, 7) is 4.99. The Hall–Kier alpha value is -4.33. The number of nitrogens with zero attached hydrogens (tertiary/aromatic N) is 7. The molecule has 10 heteroatoms. The van der Waals surface area contributed by atoms with Gasteiger partial charge in [0.1, 0.15) is 17.5 Å². The van der Waals surface area contributed by atoms with E-state index in [4.69, 9.17) is 4.98 Å². The molecule has 3 aliphatic rings. The van der Waals surface area contributed by atoms with E-state index in [-0.39, 0.29) is 18.2 Å². The molecule has 0 aliphatic carbocycles. The Morgan fingerprint density at radius 2 is 1.82 bits per heavy atom. The number of hydrogen-bond donors (Lipinski definition) is 1. The number of piperazine rings is 1. The minimum absolute atomic E-state index is 0.112. The topological polar surface area (TPSA) is 76.2 Å². The number of hydrazine groups is 1. The van der Waals surface area contributed by atoms with E-state index in [1.807, 2.05) is 55.9 Å². The third-order valence-electron chi connectivity index (χ3n) is 7.44. The van der Waals surface area contributed by atoms with Crippen LogP contribution >= 0.6 is 0 Å². The molecule has 8 nitrogen and oxygen atoms in total. The standard InChI is InChI=1S/C29H28F2N8/c1-19-24(13-32)29-23(12-21(17-39(29)35-19)22-15-34-36(2)16-22)20-6-7-28(33-14-20)38-10-8-37(9-11-38)18-25-26(30)4-3-5-27(25)31/h3-7,12,14-17,19,35H,8-11,18H2,1-2H3. The number of nitrogens with one attached hydrogen (secondary N) is 1. The van der Waals surface area contributed by atoms with Crippen LogP contribution < -0.4 is 10.3 Å². The normalized spacial score (nSPS) is 19.6. The van der Waals surface area contributed by atoms with Gasteiger partial charge in [-0.25, -0.2) is 19.2 Å². The van der Waals surface area contributed by atoms with E-state index in [1.165, 1.54) is 18.2 Å². The van der Waals surface area contributed by atoms with Crippen molar-refractivity contribution in [3.8, 4) is 6.07 Å². The maximum atomic E-state index is 14.1. The van der Waals surface area contributed by atoms with E-state index in [0.29, 0.717) is 31.8 Å². The summed E-state index contributed by atoms with van der Waals surface area (Å²) >= 11 is 0. The van der Waals surface area contributed by atoms with Gasteiger partial charge in [0.2, 0.25) is 0 Å². The quantitative estimate of drug-likeness (QED) is 0.542. The van der Waals surface area contributed by atoms with E-state index < -0.39 is 11.6 Å². The molecular formula is C29H28F2N8. The Bertz CT molecular complexity index is 1520. The summed E-state index contributed by atoms with van der Waals surface area (Å²) in [5, 5.41) is 16.1. The Morgan fingerprint density at radius 1 is 1.05 bits per heavy atom. The van der Waals surface area contributed by atoms with Gasteiger partial charge in [-0.3, -0.25) is 14.6 Å². The monoisotopic (exact) mass is 526 g/mol. The Labute approximate surface area is 225 Å². The first-order valence-corrected chi connectivity index (χ1v) is 12.9. The summed E-state index contributed by atoms with van der Waals surface area (Å²) in [7, 11) is 1.88. The Kier molecular flexibility index (Phi) is 6.46. The maximum absolute atomic E-state index is 14.1. The number of aryl methyl sites for hydroxylation is 1. The van der Waals surface area contributed by atoms with Crippen LogP contribution in [0.1, 0.15) is 23.6 Å². The van der Waals surface area contributed by atoms with Crippen LogP contribution in [-0.2, 0) is 13.6 Å². The average molecular weight is 527 g/mol. The first kappa shape index (κ1) is 25.0. The molecule has 2 aromatic heterocycles. The van der Waals surface area contributed by atoms with Gasteiger partial charge in [0.15, 0.2) is 0 Å². The van der Waals surface area contributed by atoms with Crippen molar-refractivity contribution < 1.29 is 8.78 Å². The molecule has 3 aliphatic heterocycles. The molecule has 5 heterocycles.